The second kappa shape index (κ2) is 8.60. The predicted molar refractivity (Wildman–Crippen MR) is 118 cm³/mol. The molecule has 1 amide bonds. The van der Waals surface area contributed by atoms with Crippen LogP contribution in [0.1, 0.15) is 16.8 Å². The van der Waals surface area contributed by atoms with Crippen molar-refractivity contribution in [3.05, 3.63) is 71.4 Å². The number of ether oxygens (including phenoxy) is 1. The van der Waals surface area contributed by atoms with Crippen LogP contribution in [0.2, 0.25) is 0 Å². The van der Waals surface area contributed by atoms with Crippen molar-refractivity contribution >= 4 is 17.3 Å². The molecule has 0 unspecified atom stereocenters. The summed E-state index contributed by atoms with van der Waals surface area (Å²) in [6.07, 6.45) is 2.04. The molecule has 2 saturated heterocycles. The molecule has 10 heteroatoms. The first-order valence-corrected chi connectivity index (χ1v) is 10.6. The number of anilines is 2. The highest BCUT2D eigenvalue weighted by atomic mass is 19.2. The van der Waals surface area contributed by atoms with E-state index in [0.29, 0.717) is 18.3 Å². The molecule has 0 aliphatic carbocycles. The molecule has 2 aromatic carbocycles. The number of pyridine rings is 1. The van der Waals surface area contributed by atoms with E-state index in [1.54, 1.807) is 6.07 Å². The van der Waals surface area contributed by atoms with Gasteiger partial charge in [0.1, 0.15) is 17.3 Å². The van der Waals surface area contributed by atoms with Gasteiger partial charge in [0.25, 0.3) is 5.91 Å². The Kier molecular flexibility index (Phi) is 5.60. The quantitative estimate of drug-likeness (QED) is 0.547. The highest BCUT2D eigenvalue weighted by Crippen LogP contribution is 2.37. The number of nitrogens with zero attached hydrogens (tertiary/aromatic N) is 2. The Hall–Kier alpha value is -3.66. The predicted octanol–water partition coefficient (Wildman–Crippen LogP) is 4.12. The number of halogens is 4. The molecule has 1 aromatic heterocycles. The average Bonchev–Trinajstić information content (AvgIpc) is 3.45. The maximum Gasteiger partial charge on any atom is 0.258 e. The minimum absolute atomic E-state index is 0.145. The largest absolute Gasteiger partial charge is 0.496 e. The van der Waals surface area contributed by atoms with Crippen molar-refractivity contribution in [2.45, 2.75) is 18.5 Å². The molecular weight excluding hydrogens is 452 g/mol. The highest BCUT2D eigenvalue weighted by Gasteiger charge is 2.38. The number of aromatic nitrogens is 1. The maximum absolute atomic E-state index is 15.4. The lowest BCUT2D eigenvalue weighted by Crippen LogP contribution is -2.44. The van der Waals surface area contributed by atoms with Gasteiger partial charge in [-0.25, -0.2) is 17.6 Å². The molecule has 176 valence electrons. The number of nitrogens with one attached hydrogen (secondary N) is 2. The zero-order valence-corrected chi connectivity index (χ0v) is 18.0. The number of benzene rings is 2. The molecule has 2 atom stereocenters. The fourth-order valence-corrected chi connectivity index (χ4v) is 4.62. The Balaban J connectivity index is 1.50. The van der Waals surface area contributed by atoms with Crippen molar-refractivity contribution in [3.63, 3.8) is 0 Å². The second-order valence-electron chi connectivity index (χ2n) is 8.22. The first kappa shape index (κ1) is 22.1. The van der Waals surface area contributed by atoms with Crippen molar-refractivity contribution in [2.24, 2.45) is 0 Å². The van der Waals surface area contributed by atoms with Crippen LogP contribution >= 0.6 is 0 Å². The molecule has 2 bridgehead atoms. The van der Waals surface area contributed by atoms with Gasteiger partial charge in [0.15, 0.2) is 17.5 Å². The Labute approximate surface area is 192 Å². The van der Waals surface area contributed by atoms with Gasteiger partial charge in [-0.15, -0.1) is 0 Å². The number of hydrogen-bond donors (Lipinski definition) is 2. The van der Waals surface area contributed by atoms with E-state index in [0.717, 1.165) is 37.4 Å². The summed E-state index contributed by atoms with van der Waals surface area (Å²) < 4.78 is 62.8. The van der Waals surface area contributed by atoms with Gasteiger partial charge < -0.3 is 20.3 Å². The topological polar surface area (TPSA) is 66.5 Å². The van der Waals surface area contributed by atoms with Gasteiger partial charge in [0.2, 0.25) is 0 Å². The van der Waals surface area contributed by atoms with Crippen molar-refractivity contribution in [1.82, 2.24) is 10.3 Å². The number of carbonyl (C=O) groups is 1. The molecule has 5 rings (SSSR count). The lowest BCUT2D eigenvalue weighted by molar-refractivity contribution is 0.102. The van der Waals surface area contributed by atoms with E-state index in [4.69, 9.17) is 4.74 Å². The molecule has 0 radical (unpaired) electrons. The van der Waals surface area contributed by atoms with Gasteiger partial charge >= 0.3 is 0 Å². The fraction of sp³-hybridized carbons (Fsp3) is 0.250. The van der Waals surface area contributed by atoms with E-state index < -0.39 is 46.0 Å². The maximum atomic E-state index is 15.4. The molecule has 0 saturated carbocycles. The number of piperazine rings is 1. The molecule has 34 heavy (non-hydrogen) atoms. The van der Waals surface area contributed by atoms with Gasteiger partial charge in [-0.05, 0) is 42.8 Å². The SMILES string of the molecule is COc1ccc(F)c(F)c1-c1nccc(C(=O)Nc2cc(F)ccc2N2C[C@H]3C[C@@H]2CN3)c1F. The van der Waals surface area contributed by atoms with Gasteiger partial charge in [-0.3, -0.25) is 9.78 Å². The van der Waals surface area contributed by atoms with Crippen molar-refractivity contribution in [2.75, 3.05) is 30.4 Å². The summed E-state index contributed by atoms with van der Waals surface area (Å²) in [6, 6.07) is 7.66. The Bertz CT molecular complexity index is 1290. The molecule has 2 aliphatic rings. The van der Waals surface area contributed by atoms with Crippen LogP contribution in [0.5, 0.6) is 5.75 Å². The third-order valence-electron chi connectivity index (χ3n) is 6.22. The summed E-state index contributed by atoms with van der Waals surface area (Å²) in [4.78, 5) is 18.9. The Morgan fingerprint density at radius 2 is 1.97 bits per heavy atom. The summed E-state index contributed by atoms with van der Waals surface area (Å²) in [6.45, 7) is 1.48. The second-order valence-corrected chi connectivity index (χ2v) is 8.22. The van der Waals surface area contributed by atoms with E-state index in [1.807, 2.05) is 0 Å². The van der Waals surface area contributed by atoms with Crippen LogP contribution in [0, 0.1) is 23.3 Å². The van der Waals surface area contributed by atoms with Crippen LogP contribution in [0.3, 0.4) is 0 Å². The van der Waals surface area contributed by atoms with E-state index in [9.17, 15) is 18.0 Å². The molecule has 2 aliphatic heterocycles. The summed E-state index contributed by atoms with van der Waals surface area (Å²) in [7, 11) is 1.22. The molecule has 0 spiro atoms. The van der Waals surface area contributed by atoms with Crippen LogP contribution in [0.15, 0.2) is 42.6 Å². The van der Waals surface area contributed by atoms with Gasteiger partial charge in [-0.1, -0.05) is 0 Å². The van der Waals surface area contributed by atoms with Crippen molar-refractivity contribution < 1.29 is 27.1 Å². The summed E-state index contributed by atoms with van der Waals surface area (Å²) in [5.41, 5.74) is -0.776. The molecule has 2 N–H and O–H groups in total. The smallest absolute Gasteiger partial charge is 0.258 e. The van der Waals surface area contributed by atoms with E-state index >= 15 is 4.39 Å². The molecule has 3 heterocycles. The van der Waals surface area contributed by atoms with Crippen LogP contribution in [0.25, 0.3) is 11.3 Å². The van der Waals surface area contributed by atoms with Crippen LogP contribution in [-0.2, 0) is 0 Å². The number of amides is 1. The molecule has 3 aromatic rings. The lowest BCUT2D eigenvalue weighted by Gasteiger charge is -2.31. The highest BCUT2D eigenvalue weighted by molar-refractivity contribution is 6.06. The van der Waals surface area contributed by atoms with E-state index in [1.165, 1.54) is 19.2 Å². The number of rotatable bonds is 5. The van der Waals surface area contributed by atoms with E-state index in [2.05, 4.69) is 20.5 Å². The zero-order chi connectivity index (χ0) is 24.0. The Morgan fingerprint density at radius 1 is 1.15 bits per heavy atom. The first-order valence-electron chi connectivity index (χ1n) is 10.6. The summed E-state index contributed by atoms with van der Waals surface area (Å²) in [5, 5.41) is 5.94. The minimum atomic E-state index is -1.35. The van der Waals surface area contributed by atoms with Gasteiger partial charge in [0, 0.05) is 31.4 Å². The zero-order valence-electron chi connectivity index (χ0n) is 18.0. The first-order chi connectivity index (χ1) is 16.4. The lowest BCUT2D eigenvalue weighted by atomic mass is 10.1. The number of carbonyl (C=O) groups excluding carboxylic acids is 1. The van der Waals surface area contributed by atoms with Crippen LogP contribution in [0.4, 0.5) is 28.9 Å². The third kappa shape index (κ3) is 3.73. The molecule has 2 fully saturated rings. The van der Waals surface area contributed by atoms with Crippen molar-refractivity contribution in [3.8, 4) is 17.0 Å². The fourth-order valence-electron chi connectivity index (χ4n) is 4.62. The average molecular weight is 472 g/mol. The summed E-state index contributed by atoms with van der Waals surface area (Å²) in [5.74, 6) is -5.33. The standard InChI is InChI=1S/C24H20F4N4O2/c1-34-19-5-3-16(26)22(28)20(19)23-21(27)15(6-7-29-23)24(33)31-17-8-12(25)2-4-18(17)32-11-13-9-14(32)10-30-13/h2-8,13-14,30H,9-11H2,1H3,(H,31,33)/t13-,14-/m1/s1. The van der Waals surface area contributed by atoms with Crippen LogP contribution in [-0.4, -0.2) is 43.2 Å². The number of methoxy groups -OCH3 is 1. The molecule has 6 nitrogen and oxygen atoms in total. The Morgan fingerprint density at radius 3 is 2.68 bits per heavy atom. The number of hydrogen-bond acceptors (Lipinski definition) is 5. The minimum Gasteiger partial charge on any atom is -0.496 e. The number of fused-ring (bicyclic) bond motifs is 2. The molecular formula is C24H20F4N4O2. The van der Waals surface area contributed by atoms with Gasteiger partial charge in [0.05, 0.1) is 29.6 Å². The normalized spacial score (nSPS) is 18.9. The van der Waals surface area contributed by atoms with Crippen LogP contribution < -0.4 is 20.3 Å². The van der Waals surface area contributed by atoms with Gasteiger partial charge in [-0.2, -0.15) is 0 Å². The van der Waals surface area contributed by atoms with Crippen molar-refractivity contribution in [1.29, 1.82) is 0 Å². The monoisotopic (exact) mass is 472 g/mol. The summed E-state index contributed by atoms with van der Waals surface area (Å²) >= 11 is 0. The van der Waals surface area contributed by atoms with E-state index in [-0.39, 0.29) is 17.5 Å². The third-order valence-corrected chi connectivity index (χ3v) is 6.22.